The van der Waals surface area contributed by atoms with E-state index in [0.29, 0.717) is 11.3 Å². The lowest BCUT2D eigenvalue weighted by molar-refractivity contribution is 0.150. The van der Waals surface area contributed by atoms with E-state index in [9.17, 15) is 0 Å². The number of aliphatic imine (C=N–C) groups is 1. The molecule has 0 aliphatic carbocycles. The molecule has 28 heavy (non-hydrogen) atoms. The molecule has 5 nitrogen and oxygen atoms in total. The molecule has 2 atom stereocenters. The molecule has 0 aromatic heterocycles. The largest absolute Gasteiger partial charge is 0.381 e. The molecule has 6 heteroatoms. The van der Waals surface area contributed by atoms with E-state index in [0.717, 1.165) is 38.2 Å². The minimum absolute atomic E-state index is 0.452. The van der Waals surface area contributed by atoms with Gasteiger partial charge in [-0.2, -0.15) is 0 Å². The van der Waals surface area contributed by atoms with E-state index < -0.39 is 0 Å². The third-order valence-corrected chi connectivity index (χ3v) is 6.50. The number of hydrogen-bond donors (Lipinski definition) is 2. The zero-order valence-electron chi connectivity index (χ0n) is 17.4. The second-order valence-corrected chi connectivity index (χ2v) is 9.42. The molecule has 0 spiro atoms. The maximum absolute atomic E-state index is 5.52. The molecule has 0 radical (unpaired) electrons. The molecule has 2 N–H and O–H groups in total. The second kappa shape index (κ2) is 11.7. The lowest BCUT2D eigenvalue weighted by Gasteiger charge is -2.34. The molecule has 156 valence electrons. The average molecular weight is 405 g/mol. The van der Waals surface area contributed by atoms with Crippen LogP contribution in [-0.4, -0.2) is 68.1 Å². The smallest absolute Gasteiger partial charge is 0.191 e. The third kappa shape index (κ3) is 7.30. The fourth-order valence-corrected chi connectivity index (χ4v) is 4.78. The van der Waals surface area contributed by atoms with E-state index in [1.807, 2.05) is 11.8 Å². The Labute approximate surface area is 174 Å². The van der Waals surface area contributed by atoms with E-state index in [2.05, 4.69) is 59.7 Å². The molecule has 2 fully saturated rings. The molecule has 0 bridgehead atoms. The van der Waals surface area contributed by atoms with E-state index in [4.69, 9.17) is 9.73 Å². The Morgan fingerprint density at radius 1 is 1.25 bits per heavy atom. The lowest BCUT2D eigenvalue weighted by Crippen LogP contribution is -2.49. The Bertz CT molecular complexity index is 583. The number of rotatable bonds is 8. The first-order valence-electron chi connectivity index (χ1n) is 10.8. The molecule has 0 amide bonds. The van der Waals surface area contributed by atoms with Crippen molar-refractivity contribution >= 4 is 17.7 Å². The molecule has 2 aliphatic heterocycles. The molecular formula is C22H36N4OS. The minimum atomic E-state index is 0.452. The van der Waals surface area contributed by atoms with Crippen molar-refractivity contribution in [1.82, 2.24) is 15.5 Å². The molecule has 2 heterocycles. The van der Waals surface area contributed by atoms with Gasteiger partial charge in [0.2, 0.25) is 0 Å². The Morgan fingerprint density at radius 3 is 2.71 bits per heavy atom. The number of likely N-dealkylation sites (tertiary alicyclic amines) is 1. The fourth-order valence-electron chi connectivity index (χ4n) is 3.85. The number of benzene rings is 1. The monoisotopic (exact) mass is 404 g/mol. The molecule has 2 aliphatic rings. The average Bonchev–Trinajstić information content (AvgIpc) is 3.22. The summed E-state index contributed by atoms with van der Waals surface area (Å²) in [5.41, 5.74) is 0. The van der Waals surface area contributed by atoms with Gasteiger partial charge in [0.15, 0.2) is 5.96 Å². The topological polar surface area (TPSA) is 48.9 Å². The van der Waals surface area contributed by atoms with Gasteiger partial charge in [-0.15, -0.1) is 11.8 Å². The van der Waals surface area contributed by atoms with Crippen molar-refractivity contribution in [3.63, 3.8) is 0 Å². The summed E-state index contributed by atoms with van der Waals surface area (Å²) in [5.74, 6) is 1.71. The van der Waals surface area contributed by atoms with E-state index in [-0.39, 0.29) is 0 Å². The predicted octanol–water partition coefficient (Wildman–Crippen LogP) is 3.22. The van der Waals surface area contributed by atoms with Crippen LogP contribution in [0.2, 0.25) is 0 Å². The van der Waals surface area contributed by atoms with Gasteiger partial charge in [0, 0.05) is 49.0 Å². The van der Waals surface area contributed by atoms with Gasteiger partial charge >= 0.3 is 0 Å². The van der Waals surface area contributed by atoms with Gasteiger partial charge in [0.25, 0.3) is 0 Å². The van der Waals surface area contributed by atoms with Crippen LogP contribution in [0.1, 0.15) is 33.1 Å². The van der Waals surface area contributed by atoms with Crippen molar-refractivity contribution < 1.29 is 4.74 Å². The maximum Gasteiger partial charge on any atom is 0.191 e. The van der Waals surface area contributed by atoms with Crippen LogP contribution in [0.5, 0.6) is 0 Å². The summed E-state index contributed by atoms with van der Waals surface area (Å²) in [6.45, 7) is 11.5. The minimum Gasteiger partial charge on any atom is -0.381 e. The Balaban J connectivity index is 1.41. The SMILES string of the molecule is CCNC(=NCC(C)Sc1ccccc1)NC1CCN(CC2CCOC2)CC1. The molecule has 3 rings (SSSR count). The molecule has 1 aromatic carbocycles. The van der Waals surface area contributed by atoms with Crippen LogP contribution >= 0.6 is 11.8 Å². The van der Waals surface area contributed by atoms with Crippen LogP contribution in [0.3, 0.4) is 0 Å². The molecule has 2 saturated heterocycles. The molecule has 2 unspecified atom stereocenters. The summed E-state index contributed by atoms with van der Waals surface area (Å²) >= 11 is 1.89. The normalized spacial score (nSPS) is 22.9. The van der Waals surface area contributed by atoms with E-state index in [1.54, 1.807) is 0 Å². The van der Waals surface area contributed by atoms with Gasteiger partial charge in [-0.05, 0) is 44.2 Å². The number of nitrogens with zero attached hydrogens (tertiary/aromatic N) is 2. The summed E-state index contributed by atoms with van der Waals surface area (Å²) < 4.78 is 5.52. The van der Waals surface area contributed by atoms with Gasteiger partial charge < -0.3 is 20.3 Å². The first-order chi connectivity index (χ1) is 13.7. The van der Waals surface area contributed by atoms with Crippen molar-refractivity contribution in [3.8, 4) is 0 Å². The van der Waals surface area contributed by atoms with Gasteiger partial charge in [0.1, 0.15) is 0 Å². The zero-order chi connectivity index (χ0) is 19.6. The summed E-state index contributed by atoms with van der Waals surface area (Å²) in [5, 5.41) is 7.54. The number of guanidine groups is 1. The highest BCUT2D eigenvalue weighted by atomic mass is 32.2. The fraction of sp³-hybridized carbons (Fsp3) is 0.682. The number of nitrogens with one attached hydrogen (secondary N) is 2. The summed E-state index contributed by atoms with van der Waals surface area (Å²) in [6, 6.07) is 11.1. The summed E-state index contributed by atoms with van der Waals surface area (Å²) in [6.07, 6.45) is 3.60. The molecule has 1 aromatic rings. The lowest BCUT2D eigenvalue weighted by atomic mass is 10.0. The van der Waals surface area contributed by atoms with Gasteiger partial charge in [0.05, 0.1) is 13.2 Å². The maximum atomic E-state index is 5.52. The first-order valence-corrected chi connectivity index (χ1v) is 11.7. The van der Waals surface area contributed by atoms with Crippen LogP contribution in [0.25, 0.3) is 0 Å². The first kappa shape index (κ1) is 21.5. The predicted molar refractivity (Wildman–Crippen MR) is 119 cm³/mol. The third-order valence-electron chi connectivity index (χ3n) is 5.40. The van der Waals surface area contributed by atoms with E-state index >= 15 is 0 Å². The van der Waals surface area contributed by atoms with Gasteiger partial charge in [-0.1, -0.05) is 25.1 Å². The number of thioether (sulfide) groups is 1. The van der Waals surface area contributed by atoms with Crippen LogP contribution in [0.4, 0.5) is 0 Å². The highest BCUT2D eigenvalue weighted by Crippen LogP contribution is 2.22. The summed E-state index contributed by atoms with van der Waals surface area (Å²) in [4.78, 5) is 8.77. The van der Waals surface area contributed by atoms with Crippen LogP contribution in [0.15, 0.2) is 40.2 Å². The zero-order valence-corrected chi connectivity index (χ0v) is 18.2. The summed E-state index contributed by atoms with van der Waals surface area (Å²) in [7, 11) is 0. The standard InChI is InChI=1S/C22H36N4OS/c1-3-23-22(24-15-18(2)28-21-7-5-4-6-8-21)25-20-9-12-26(13-10-20)16-19-11-14-27-17-19/h4-8,18-20H,3,9-17H2,1-2H3,(H2,23,24,25). The molecule has 0 saturated carbocycles. The number of piperidine rings is 1. The highest BCUT2D eigenvalue weighted by Gasteiger charge is 2.24. The second-order valence-electron chi connectivity index (χ2n) is 7.91. The van der Waals surface area contributed by atoms with Crippen molar-refractivity contribution in [2.75, 3.05) is 45.9 Å². The Morgan fingerprint density at radius 2 is 2.04 bits per heavy atom. The number of hydrogen-bond acceptors (Lipinski definition) is 4. The van der Waals surface area contributed by atoms with Gasteiger partial charge in [-0.3, -0.25) is 4.99 Å². The quantitative estimate of drug-likeness (QED) is 0.396. The number of ether oxygens (including phenoxy) is 1. The van der Waals surface area contributed by atoms with E-state index in [1.165, 1.54) is 43.8 Å². The Hall–Kier alpha value is -1.24. The van der Waals surface area contributed by atoms with Crippen molar-refractivity contribution in [3.05, 3.63) is 30.3 Å². The van der Waals surface area contributed by atoms with Crippen molar-refractivity contribution in [2.24, 2.45) is 10.9 Å². The van der Waals surface area contributed by atoms with Crippen LogP contribution in [0, 0.1) is 5.92 Å². The molecular weight excluding hydrogens is 368 g/mol. The van der Waals surface area contributed by atoms with Crippen LogP contribution in [-0.2, 0) is 4.74 Å². The van der Waals surface area contributed by atoms with Crippen LogP contribution < -0.4 is 10.6 Å². The van der Waals surface area contributed by atoms with Gasteiger partial charge in [-0.25, -0.2) is 0 Å². The highest BCUT2D eigenvalue weighted by molar-refractivity contribution is 8.00. The van der Waals surface area contributed by atoms with Crippen molar-refractivity contribution in [1.29, 1.82) is 0 Å². The van der Waals surface area contributed by atoms with Crippen molar-refractivity contribution in [2.45, 2.75) is 49.3 Å². The Kier molecular flexibility index (Phi) is 8.96.